The smallest absolute Gasteiger partial charge is 0.249 e. The number of hydrogen-bond donors (Lipinski definition) is 2. The molecule has 4 heteroatoms. The van der Waals surface area contributed by atoms with Crippen LogP contribution in [0.15, 0.2) is 24.3 Å². The number of aliphatic hydroxyl groups excluding tert-OH is 1. The van der Waals surface area contributed by atoms with Gasteiger partial charge in [-0.25, -0.2) is 0 Å². The number of rotatable bonds is 4. The molecule has 1 atom stereocenters. The maximum Gasteiger partial charge on any atom is 0.249 e. The summed E-state index contributed by atoms with van der Waals surface area (Å²) >= 11 is 0. The Morgan fingerprint density at radius 2 is 2.24 bits per heavy atom. The average Bonchev–Trinajstić information content (AvgIpc) is 2.77. The minimum absolute atomic E-state index is 0.244. The van der Waals surface area contributed by atoms with E-state index in [1.807, 2.05) is 18.2 Å². The highest BCUT2D eigenvalue weighted by atomic mass is 16.3. The first-order chi connectivity index (χ1) is 8.20. The van der Waals surface area contributed by atoms with Gasteiger partial charge in [-0.3, -0.25) is 9.69 Å². The average molecular weight is 234 g/mol. The van der Waals surface area contributed by atoms with E-state index in [9.17, 15) is 4.79 Å². The molecular weight excluding hydrogens is 216 g/mol. The normalized spacial score (nSPS) is 20.6. The molecule has 1 saturated heterocycles. The standard InChI is InChI=1S/C13H18N2O2/c14-13(17)12-4-2-1-3-11(12)8-15-6-5-10(7-15)9-16/h1-4,10,16H,5-9H2,(H2,14,17). The van der Waals surface area contributed by atoms with Crippen molar-refractivity contribution in [2.24, 2.45) is 11.7 Å². The molecule has 0 radical (unpaired) electrons. The molecule has 0 spiro atoms. The Morgan fingerprint density at radius 3 is 2.88 bits per heavy atom. The molecule has 4 nitrogen and oxygen atoms in total. The first-order valence-electron chi connectivity index (χ1n) is 5.91. The molecule has 0 saturated carbocycles. The lowest BCUT2D eigenvalue weighted by Crippen LogP contribution is -2.23. The summed E-state index contributed by atoms with van der Waals surface area (Å²) in [7, 11) is 0. The second kappa shape index (κ2) is 5.29. The lowest BCUT2D eigenvalue weighted by Gasteiger charge is -2.17. The maximum absolute atomic E-state index is 11.3. The van der Waals surface area contributed by atoms with E-state index in [0.717, 1.165) is 31.6 Å². The van der Waals surface area contributed by atoms with Crippen molar-refractivity contribution in [1.29, 1.82) is 0 Å². The van der Waals surface area contributed by atoms with E-state index in [4.69, 9.17) is 10.8 Å². The highest BCUT2D eigenvalue weighted by Crippen LogP contribution is 2.19. The minimum Gasteiger partial charge on any atom is -0.396 e. The van der Waals surface area contributed by atoms with Crippen molar-refractivity contribution in [1.82, 2.24) is 4.90 Å². The Labute approximate surface area is 101 Å². The first-order valence-corrected chi connectivity index (χ1v) is 5.91. The Hall–Kier alpha value is -1.39. The topological polar surface area (TPSA) is 66.6 Å². The van der Waals surface area contributed by atoms with E-state index in [2.05, 4.69) is 4.90 Å². The molecular formula is C13H18N2O2. The summed E-state index contributed by atoms with van der Waals surface area (Å²) < 4.78 is 0. The van der Waals surface area contributed by atoms with Gasteiger partial charge in [-0.2, -0.15) is 0 Å². The molecule has 1 aliphatic rings. The molecule has 3 N–H and O–H groups in total. The van der Waals surface area contributed by atoms with E-state index >= 15 is 0 Å². The van der Waals surface area contributed by atoms with Gasteiger partial charge in [-0.15, -0.1) is 0 Å². The largest absolute Gasteiger partial charge is 0.396 e. The van der Waals surface area contributed by atoms with Crippen molar-refractivity contribution in [3.8, 4) is 0 Å². The lowest BCUT2D eigenvalue weighted by atomic mass is 10.1. The van der Waals surface area contributed by atoms with Crippen LogP contribution >= 0.6 is 0 Å². The highest BCUT2D eigenvalue weighted by Gasteiger charge is 2.22. The lowest BCUT2D eigenvalue weighted by molar-refractivity contribution is 0.0998. The molecule has 1 unspecified atom stereocenters. The van der Waals surface area contributed by atoms with Gasteiger partial charge in [0, 0.05) is 25.3 Å². The Kier molecular flexibility index (Phi) is 3.76. The summed E-state index contributed by atoms with van der Waals surface area (Å²) in [5.74, 6) is -0.00533. The number of likely N-dealkylation sites (tertiary alicyclic amines) is 1. The number of primary amides is 1. The number of carbonyl (C=O) groups is 1. The summed E-state index contributed by atoms with van der Waals surface area (Å²) in [6.45, 7) is 2.84. The van der Waals surface area contributed by atoms with Crippen LogP contribution in [0.1, 0.15) is 22.3 Å². The van der Waals surface area contributed by atoms with Crippen LogP contribution in [0.3, 0.4) is 0 Å². The van der Waals surface area contributed by atoms with Crippen LogP contribution in [0.4, 0.5) is 0 Å². The van der Waals surface area contributed by atoms with Crippen LogP contribution in [0, 0.1) is 5.92 Å². The number of aliphatic hydroxyl groups is 1. The summed E-state index contributed by atoms with van der Waals surface area (Å²) in [6.07, 6.45) is 1.02. The van der Waals surface area contributed by atoms with Gasteiger partial charge in [0.2, 0.25) is 5.91 Å². The molecule has 0 aliphatic carbocycles. The van der Waals surface area contributed by atoms with Crippen LogP contribution < -0.4 is 5.73 Å². The van der Waals surface area contributed by atoms with E-state index < -0.39 is 0 Å². The van der Waals surface area contributed by atoms with E-state index in [0.29, 0.717) is 11.5 Å². The molecule has 1 amide bonds. The summed E-state index contributed by atoms with van der Waals surface area (Å²) in [6, 6.07) is 7.44. The number of amides is 1. The van der Waals surface area contributed by atoms with Crippen LogP contribution in [-0.4, -0.2) is 35.6 Å². The summed E-state index contributed by atoms with van der Waals surface area (Å²) in [5.41, 5.74) is 6.91. The van der Waals surface area contributed by atoms with Crippen molar-refractivity contribution in [2.75, 3.05) is 19.7 Å². The van der Waals surface area contributed by atoms with Gasteiger partial charge >= 0.3 is 0 Å². The van der Waals surface area contributed by atoms with Crippen LogP contribution in [-0.2, 0) is 6.54 Å². The fraction of sp³-hybridized carbons (Fsp3) is 0.462. The third kappa shape index (κ3) is 2.84. The fourth-order valence-corrected chi connectivity index (χ4v) is 2.34. The molecule has 92 valence electrons. The van der Waals surface area contributed by atoms with Crippen LogP contribution in [0.2, 0.25) is 0 Å². The van der Waals surface area contributed by atoms with Crippen molar-refractivity contribution in [3.63, 3.8) is 0 Å². The van der Waals surface area contributed by atoms with Crippen molar-refractivity contribution < 1.29 is 9.90 Å². The van der Waals surface area contributed by atoms with Gasteiger partial charge in [0.15, 0.2) is 0 Å². The molecule has 1 heterocycles. The maximum atomic E-state index is 11.3. The summed E-state index contributed by atoms with van der Waals surface area (Å²) in [4.78, 5) is 13.5. The van der Waals surface area contributed by atoms with Gasteiger partial charge in [0.25, 0.3) is 0 Å². The number of hydrogen-bond acceptors (Lipinski definition) is 3. The van der Waals surface area contributed by atoms with E-state index in [1.54, 1.807) is 6.07 Å². The predicted molar refractivity (Wildman–Crippen MR) is 65.4 cm³/mol. The Bertz CT molecular complexity index is 406. The first kappa shape index (κ1) is 12.1. The van der Waals surface area contributed by atoms with Gasteiger partial charge in [0.05, 0.1) is 0 Å². The predicted octanol–water partition coefficient (Wildman–Crippen LogP) is 0.600. The Morgan fingerprint density at radius 1 is 1.47 bits per heavy atom. The van der Waals surface area contributed by atoms with Crippen molar-refractivity contribution in [3.05, 3.63) is 35.4 Å². The molecule has 2 rings (SSSR count). The SMILES string of the molecule is NC(=O)c1ccccc1CN1CCC(CO)C1. The van der Waals surface area contributed by atoms with Gasteiger partial charge in [0.1, 0.15) is 0 Å². The molecule has 1 aromatic rings. The van der Waals surface area contributed by atoms with E-state index in [1.165, 1.54) is 0 Å². The van der Waals surface area contributed by atoms with Crippen LogP contribution in [0.5, 0.6) is 0 Å². The van der Waals surface area contributed by atoms with Gasteiger partial charge < -0.3 is 10.8 Å². The second-order valence-electron chi connectivity index (χ2n) is 4.59. The van der Waals surface area contributed by atoms with E-state index in [-0.39, 0.29) is 12.5 Å². The minimum atomic E-state index is -0.376. The number of nitrogens with zero attached hydrogens (tertiary/aromatic N) is 1. The molecule has 1 fully saturated rings. The quantitative estimate of drug-likeness (QED) is 0.801. The molecule has 17 heavy (non-hydrogen) atoms. The van der Waals surface area contributed by atoms with Gasteiger partial charge in [-0.05, 0) is 30.5 Å². The number of carbonyl (C=O) groups excluding carboxylic acids is 1. The number of nitrogens with two attached hydrogens (primary N) is 1. The monoisotopic (exact) mass is 234 g/mol. The van der Waals surface area contributed by atoms with Gasteiger partial charge in [-0.1, -0.05) is 18.2 Å². The Balaban J connectivity index is 2.06. The van der Waals surface area contributed by atoms with Crippen molar-refractivity contribution in [2.45, 2.75) is 13.0 Å². The third-order valence-corrected chi connectivity index (χ3v) is 3.30. The zero-order valence-corrected chi connectivity index (χ0v) is 9.80. The molecule has 0 aromatic heterocycles. The molecule has 1 aliphatic heterocycles. The van der Waals surface area contributed by atoms with Crippen molar-refractivity contribution >= 4 is 5.91 Å². The zero-order valence-electron chi connectivity index (χ0n) is 9.80. The fourth-order valence-electron chi connectivity index (χ4n) is 2.34. The summed E-state index contributed by atoms with van der Waals surface area (Å²) in [5, 5.41) is 9.09. The number of benzene rings is 1. The third-order valence-electron chi connectivity index (χ3n) is 3.30. The molecule has 1 aromatic carbocycles. The zero-order chi connectivity index (χ0) is 12.3. The second-order valence-corrected chi connectivity index (χ2v) is 4.59. The molecule has 0 bridgehead atoms. The van der Waals surface area contributed by atoms with Crippen LogP contribution in [0.25, 0.3) is 0 Å². The highest BCUT2D eigenvalue weighted by molar-refractivity contribution is 5.94.